The molecule has 2 aromatic carbocycles. The Hall–Kier alpha value is -3.45. The Morgan fingerprint density at radius 1 is 1.14 bits per heavy atom. The molecule has 3 aromatic rings. The maximum absolute atomic E-state index is 12.3. The highest BCUT2D eigenvalue weighted by Gasteiger charge is 2.11. The van der Waals surface area contributed by atoms with Gasteiger partial charge in [0.1, 0.15) is 5.75 Å². The molecule has 148 valence electrons. The number of anilines is 2. The van der Waals surface area contributed by atoms with Gasteiger partial charge in [0.25, 0.3) is 0 Å². The second kappa shape index (κ2) is 9.66. The van der Waals surface area contributed by atoms with E-state index in [2.05, 4.69) is 15.6 Å². The van der Waals surface area contributed by atoms with Crippen molar-refractivity contribution < 1.29 is 14.3 Å². The van der Waals surface area contributed by atoms with Crippen LogP contribution in [0.3, 0.4) is 0 Å². The summed E-state index contributed by atoms with van der Waals surface area (Å²) in [6.45, 7) is 1.95. The van der Waals surface area contributed by atoms with Gasteiger partial charge in [-0.05, 0) is 36.3 Å². The normalized spacial score (nSPS) is 10.7. The fourth-order valence-corrected chi connectivity index (χ4v) is 3.30. The van der Waals surface area contributed by atoms with Gasteiger partial charge >= 0.3 is 0 Å². The number of hydrogen-bond donors (Lipinski definition) is 2. The van der Waals surface area contributed by atoms with Crippen LogP contribution in [0.1, 0.15) is 16.8 Å². The number of amides is 2. The summed E-state index contributed by atoms with van der Waals surface area (Å²) in [4.78, 5) is 28.7. The van der Waals surface area contributed by atoms with Gasteiger partial charge in [-0.15, -0.1) is 11.3 Å². The summed E-state index contributed by atoms with van der Waals surface area (Å²) in [5.41, 5.74) is 3.17. The Morgan fingerprint density at radius 2 is 1.93 bits per heavy atom. The Morgan fingerprint density at radius 3 is 2.69 bits per heavy atom. The summed E-state index contributed by atoms with van der Waals surface area (Å²) in [5, 5.41) is 7.74. The van der Waals surface area contributed by atoms with Crippen molar-refractivity contribution in [2.45, 2.75) is 13.3 Å². The minimum Gasteiger partial charge on any atom is -0.495 e. The maximum Gasteiger partial charge on any atom is 0.250 e. The van der Waals surface area contributed by atoms with Crippen LogP contribution in [-0.4, -0.2) is 23.9 Å². The monoisotopic (exact) mass is 407 g/mol. The first-order valence-electron chi connectivity index (χ1n) is 8.96. The van der Waals surface area contributed by atoms with Gasteiger partial charge in [-0.25, -0.2) is 4.98 Å². The molecule has 0 bridgehead atoms. The standard InChI is InChI=1S/C22H21N3O3S/c1-15-8-10-18(19(12-15)28-2)24-21(27)13-17-14-29-22(23-17)25-20(26)11-9-16-6-4-3-5-7-16/h3-12,14H,13H2,1-2H3,(H,24,27)(H,23,25,26)/b11-9+. The lowest BCUT2D eigenvalue weighted by atomic mass is 10.2. The van der Waals surface area contributed by atoms with Gasteiger partial charge < -0.3 is 10.1 Å². The van der Waals surface area contributed by atoms with Gasteiger partial charge in [0.05, 0.1) is 24.9 Å². The first kappa shape index (κ1) is 20.3. The number of methoxy groups -OCH3 is 1. The smallest absolute Gasteiger partial charge is 0.250 e. The number of ether oxygens (including phenoxy) is 1. The van der Waals surface area contributed by atoms with Crippen LogP contribution in [0.25, 0.3) is 6.08 Å². The molecule has 0 saturated heterocycles. The van der Waals surface area contributed by atoms with Crippen LogP contribution in [0.4, 0.5) is 10.8 Å². The molecule has 0 aliphatic rings. The van der Waals surface area contributed by atoms with Gasteiger partial charge in [-0.1, -0.05) is 36.4 Å². The molecular weight excluding hydrogens is 386 g/mol. The van der Waals surface area contributed by atoms with E-state index < -0.39 is 0 Å². The summed E-state index contributed by atoms with van der Waals surface area (Å²) in [5.74, 6) is 0.123. The Labute approximate surface area is 173 Å². The quantitative estimate of drug-likeness (QED) is 0.573. The van der Waals surface area contributed by atoms with Crippen molar-refractivity contribution in [3.63, 3.8) is 0 Å². The maximum atomic E-state index is 12.3. The average molecular weight is 407 g/mol. The van der Waals surface area contributed by atoms with Crippen molar-refractivity contribution in [3.05, 3.63) is 76.8 Å². The molecule has 0 aliphatic heterocycles. The number of hydrogen-bond acceptors (Lipinski definition) is 5. The third-order valence-corrected chi connectivity index (χ3v) is 4.79. The molecule has 0 radical (unpaired) electrons. The molecule has 7 heteroatoms. The van der Waals surface area contributed by atoms with Crippen LogP contribution in [0.2, 0.25) is 0 Å². The molecular formula is C22H21N3O3S. The van der Waals surface area contributed by atoms with Gasteiger partial charge in [0.15, 0.2) is 5.13 Å². The molecule has 0 fully saturated rings. The first-order valence-corrected chi connectivity index (χ1v) is 9.84. The zero-order valence-corrected chi connectivity index (χ0v) is 17.0. The third kappa shape index (κ3) is 6.02. The van der Waals surface area contributed by atoms with E-state index in [4.69, 9.17) is 4.74 Å². The predicted molar refractivity (Wildman–Crippen MR) is 116 cm³/mol. The number of rotatable bonds is 7. The first-order chi connectivity index (χ1) is 14.0. The van der Waals surface area contributed by atoms with Crippen molar-refractivity contribution in [3.8, 4) is 5.75 Å². The van der Waals surface area contributed by atoms with Gasteiger partial charge in [0, 0.05) is 11.5 Å². The van der Waals surface area contributed by atoms with Gasteiger partial charge in [-0.3, -0.25) is 14.9 Å². The summed E-state index contributed by atoms with van der Waals surface area (Å²) in [6.07, 6.45) is 3.28. The molecule has 29 heavy (non-hydrogen) atoms. The van der Waals surface area contributed by atoms with Crippen LogP contribution >= 0.6 is 11.3 Å². The molecule has 0 saturated carbocycles. The van der Waals surface area contributed by atoms with E-state index in [9.17, 15) is 9.59 Å². The minimum absolute atomic E-state index is 0.100. The summed E-state index contributed by atoms with van der Waals surface area (Å²) < 4.78 is 5.30. The molecule has 2 N–H and O–H groups in total. The second-order valence-corrected chi connectivity index (χ2v) is 7.16. The number of carbonyl (C=O) groups is 2. The van der Waals surface area contributed by atoms with Crippen molar-refractivity contribution in [2.75, 3.05) is 17.7 Å². The summed E-state index contributed by atoms with van der Waals surface area (Å²) in [6, 6.07) is 15.1. The molecule has 0 unspecified atom stereocenters. The number of benzene rings is 2. The fourth-order valence-electron chi connectivity index (χ4n) is 2.59. The van der Waals surface area contributed by atoms with Crippen molar-refractivity contribution in [1.29, 1.82) is 0 Å². The number of thiazole rings is 1. The van der Waals surface area contributed by atoms with Gasteiger partial charge in [-0.2, -0.15) is 0 Å². The van der Waals surface area contributed by atoms with Gasteiger partial charge in [0.2, 0.25) is 11.8 Å². The van der Waals surface area contributed by atoms with Crippen LogP contribution in [-0.2, 0) is 16.0 Å². The van der Waals surface area contributed by atoms with E-state index in [0.717, 1.165) is 11.1 Å². The summed E-state index contributed by atoms with van der Waals surface area (Å²) >= 11 is 1.28. The molecule has 3 rings (SSSR count). The van der Waals surface area contributed by atoms with E-state index in [-0.39, 0.29) is 18.2 Å². The lowest BCUT2D eigenvalue weighted by molar-refractivity contribution is -0.115. The number of nitrogens with one attached hydrogen (secondary N) is 2. The molecule has 0 spiro atoms. The highest BCUT2D eigenvalue weighted by Crippen LogP contribution is 2.25. The Balaban J connectivity index is 1.55. The number of aryl methyl sites for hydroxylation is 1. The molecule has 2 amide bonds. The highest BCUT2D eigenvalue weighted by molar-refractivity contribution is 7.14. The van der Waals surface area contributed by atoms with Crippen molar-refractivity contribution in [2.24, 2.45) is 0 Å². The fraction of sp³-hybridized carbons (Fsp3) is 0.136. The lowest BCUT2D eigenvalue weighted by Crippen LogP contribution is -2.15. The predicted octanol–water partition coefficient (Wildman–Crippen LogP) is 4.29. The number of nitrogens with zero attached hydrogens (tertiary/aromatic N) is 1. The van der Waals surface area contributed by atoms with E-state index in [0.29, 0.717) is 22.3 Å². The highest BCUT2D eigenvalue weighted by atomic mass is 32.1. The SMILES string of the molecule is COc1cc(C)ccc1NC(=O)Cc1csc(NC(=O)/C=C/c2ccccc2)n1. The largest absolute Gasteiger partial charge is 0.495 e. The molecule has 0 aliphatic carbocycles. The van der Waals surface area contributed by atoms with E-state index >= 15 is 0 Å². The van der Waals surface area contributed by atoms with Crippen LogP contribution in [0, 0.1) is 6.92 Å². The average Bonchev–Trinajstić information content (AvgIpc) is 3.15. The Bertz CT molecular complexity index is 1030. The lowest BCUT2D eigenvalue weighted by Gasteiger charge is -2.10. The van der Waals surface area contributed by atoms with Crippen LogP contribution in [0.15, 0.2) is 60.0 Å². The third-order valence-electron chi connectivity index (χ3n) is 3.98. The van der Waals surface area contributed by atoms with Crippen molar-refractivity contribution >= 4 is 40.0 Å². The van der Waals surface area contributed by atoms with E-state index in [1.165, 1.54) is 17.4 Å². The zero-order chi connectivity index (χ0) is 20.6. The minimum atomic E-state index is -0.274. The Kier molecular flexibility index (Phi) is 6.76. The van der Waals surface area contributed by atoms with Crippen LogP contribution in [0.5, 0.6) is 5.75 Å². The molecule has 6 nitrogen and oxygen atoms in total. The molecule has 1 heterocycles. The molecule has 1 aromatic heterocycles. The van der Waals surface area contributed by atoms with E-state index in [1.807, 2.05) is 49.4 Å². The number of carbonyl (C=O) groups excluding carboxylic acids is 2. The summed E-state index contributed by atoms with van der Waals surface area (Å²) in [7, 11) is 1.56. The zero-order valence-electron chi connectivity index (χ0n) is 16.1. The molecule has 0 atom stereocenters. The number of aromatic nitrogens is 1. The van der Waals surface area contributed by atoms with Crippen molar-refractivity contribution in [1.82, 2.24) is 4.98 Å². The topological polar surface area (TPSA) is 80.3 Å². The second-order valence-electron chi connectivity index (χ2n) is 6.31. The van der Waals surface area contributed by atoms with E-state index in [1.54, 1.807) is 24.6 Å². The van der Waals surface area contributed by atoms with Crippen LogP contribution < -0.4 is 15.4 Å².